The lowest BCUT2D eigenvalue weighted by Crippen LogP contribution is -2.55. The number of β-amino-alcohol motifs (C(OH)–C–C–N with tert-alkyl or cyclic N) is 2. The Morgan fingerprint density at radius 2 is 1.47 bits per heavy atom. The number of anilines is 2. The fraction of sp³-hybridized carbons (Fsp3) is 0.750. The lowest BCUT2D eigenvalue weighted by molar-refractivity contribution is 0.0882. The molecule has 0 radical (unpaired) electrons. The summed E-state index contributed by atoms with van der Waals surface area (Å²) in [5.74, 6) is 1.70. The number of pyridine rings is 1. The van der Waals surface area contributed by atoms with E-state index in [4.69, 9.17) is 4.98 Å². The highest BCUT2D eigenvalue weighted by Crippen LogP contribution is 2.27. The van der Waals surface area contributed by atoms with Crippen LogP contribution in [0.25, 0.3) is 0 Å². The SMILES string of the molecule is CC[C@@H]1CN(c2ccc(C#N)c(N3CCN(C[C@H](C)O)[C@@H](CC)C3)n2)CCN1C[C@@H](C)O. The molecule has 2 fully saturated rings. The first-order valence-corrected chi connectivity index (χ1v) is 12.1. The molecule has 2 N–H and O–H groups in total. The number of aliphatic hydroxyl groups is 2. The Labute approximate surface area is 193 Å². The van der Waals surface area contributed by atoms with Crippen molar-refractivity contribution < 1.29 is 10.2 Å². The summed E-state index contributed by atoms with van der Waals surface area (Å²) in [6, 6.07) is 6.93. The lowest BCUT2D eigenvalue weighted by atomic mass is 10.1. The first kappa shape index (κ1) is 24.7. The largest absolute Gasteiger partial charge is 0.392 e. The minimum absolute atomic E-state index is 0.325. The van der Waals surface area contributed by atoms with Crippen molar-refractivity contribution in [2.75, 3.05) is 62.2 Å². The molecular formula is C24H40N6O2. The standard InChI is InChI=1S/C24H40N6O2/c1-5-21-16-29(11-9-27(21)14-18(3)31)23-8-7-20(13-25)24(26-23)30-12-10-28(15-19(4)32)22(6-2)17-30/h7-8,18-19,21-22,31-32H,5-6,9-12,14-17H2,1-4H3/t18-,19+,21-,22+/m1/s1. The molecule has 2 aliphatic rings. The van der Waals surface area contributed by atoms with Crippen LogP contribution in [0.3, 0.4) is 0 Å². The van der Waals surface area contributed by atoms with Gasteiger partial charge in [0.05, 0.1) is 17.8 Å². The highest BCUT2D eigenvalue weighted by molar-refractivity contribution is 5.59. The molecule has 0 amide bonds. The van der Waals surface area contributed by atoms with Gasteiger partial charge in [-0.05, 0) is 38.8 Å². The average Bonchev–Trinajstić information content (AvgIpc) is 2.78. The zero-order valence-corrected chi connectivity index (χ0v) is 20.1. The van der Waals surface area contributed by atoms with E-state index in [0.717, 1.165) is 63.7 Å². The predicted octanol–water partition coefficient (Wildman–Crippen LogP) is 1.52. The second-order valence-corrected chi connectivity index (χ2v) is 9.36. The van der Waals surface area contributed by atoms with Crippen LogP contribution in [0.5, 0.6) is 0 Å². The number of nitrogens with zero attached hydrogens (tertiary/aromatic N) is 6. The molecule has 0 bridgehead atoms. The fourth-order valence-electron chi connectivity index (χ4n) is 5.06. The third-order valence-corrected chi connectivity index (χ3v) is 6.75. The number of rotatable bonds is 8. The van der Waals surface area contributed by atoms with E-state index in [2.05, 4.69) is 39.5 Å². The molecule has 8 nitrogen and oxygen atoms in total. The van der Waals surface area contributed by atoms with Crippen LogP contribution in [-0.4, -0.2) is 102 Å². The van der Waals surface area contributed by atoms with Gasteiger partial charge in [-0.1, -0.05) is 13.8 Å². The summed E-state index contributed by atoms with van der Waals surface area (Å²) < 4.78 is 0. The van der Waals surface area contributed by atoms with Gasteiger partial charge < -0.3 is 20.0 Å². The van der Waals surface area contributed by atoms with Crippen LogP contribution in [0.15, 0.2) is 12.1 Å². The summed E-state index contributed by atoms with van der Waals surface area (Å²) >= 11 is 0. The van der Waals surface area contributed by atoms with Crippen molar-refractivity contribution in [3.63, 3.8) is 0 Å². The number of aromatic nitrogens is 1. The summed E-state index contributed by atoms with van der Waals surface area (Å²) in [4.78, 5) is 14.3. The van der Waals surface area contributed by atoms with Gasteiger partial charge in [0.25, 0.3) is 0 Å². The molecule has 2 aliphatic heterocycles. The van der Waals surface area contributed by atoms with Crippen LogP contribution >= 0.6 is 0 Å². The van der Waals surface area contributed by atoms with Gasteiger partial charge in [0.2, 0.25) is 0 Å². The third-order valence-electron chi connectivity index (χ3n) is 6.75. The van der Waals surface area contributed by atoms with Gasteiger partial charge in [0.15, 0.2) is 0 Å². The predicted molar refractivity (Wildman–Crippen MR) is 128 cm³/mol. The molecule has 3 rings (SSSR count). The molecule has 2 saturated heterocycles. The van der Waals surface area contributed by atoms with Gasteiger partial charge in [0, 0.05) is 64.4 Å². The number of nitriles is 1. The van der Waals surface area contributed by atoms with E-state index in [-0.39, 0.29) is 12.2 Å². The van der Waals surface area contributed by atoms with E-state index in [1.54, 1.807) is 0 Å². The number of aliphatic hydroxyl groups excluding tert-OH is 2. The van der Waals surface area contributed by atoms with Gasteiger partial charge in [-0.3, -0.25) is 9.80 Å². The van der Waals surface area contributed by atoms with Crippen LogP contribution in [0.1, 0.15) is 46.1 Å². The number of hydrogen-bond donors (Lipinski definition) is 2. The molecule has 0 aliphatic carbocycles. The van der Waals surface area contributed by atoms with Crippen molar-refractivity contribution in [1.82, 2.24) is 14.8 Å². The van der Waals surface area contributed by atoms with E-state index in [9.17, 15) is 15.5 Å². The summed E-state index contributed by atoms with van der Waals surface area (Å²) in [6.45, 7) is 14.5. The van der Waals surface area contributed by atoms with Gasteiger partial charge in [-0.25, -0.2) is 4.98 Å². The van der Waals surface area contributed by atoms with Crippen LogP contribution in [0.2, 0.25) is 0 Å². The Bertz CT molecular complexity index is 780. The molecule has 8 heteroatoms. The smallest absolute Gasteiger partial charge is 0.149 e. The minimum atomic E-state index is -0.342. The molecule has 0 saturated carbocycles. The molecule has 3 heterocycles. The fourth-order valence-corrected chi connectivity index (χ4v) is 5.06. The lowest BCUT2D eigenvalue weighted by Gasteiger charge is -2.43. The minimum Gasteiger partial charge on any atom is -0.392 e. The summed E-state index contributed by atoms with van der Waals surface area (Å²) in [5.41, 5.74) is 0.618. The first-order chi connectivity index (χ1) is 15.4. The maximum absolute atomic E-state index is 9.84. The second-order valence-electron chi connectivity index (χ2n) is 9.36. The molecule has 178 valence electrons. The topological polar surface area (TPSA) is 90.1 Å². The maximum atomic E-state index is 9.84. The molecule has 4 atom stereocenters. The van der Waals surface area contributed by atoms with Crippen molar-refractivity contribution in [2.45, 2.75) is 64.8 Å². The van der Waals surface area contributed by atoms with Crippen molar-refractivity contribution >= 4 is 11.6 Å². The summed E-state index contributed by atoms with van der Waals surface area (Å²) in [5, 5.41) is 29.4. The quantitative estimate of drug-likeness (QED) is 0.624. The first-order valence-electron chi connectivity index (χ1n) is 12.1. The Kier molecular flexibility index (Phi) is 8.72. The molecule has 32 heavy (non-hydrogen) atoms. The van der Waals surface area contributed by atoms with Gasteiger partial charge in [-0.2, -0.15) is 5.26 Å². The van der Waals surface area contributed by atoms with E-state index in [1.807, 2.05) is 26.0 Å². The molecule has 0 spiro atoms. The number of hydrogen-bond acceptors (Lipinski definition) is 8. The Hall–Kier alpha value is -1.92. The summed E-state index contributed by atoms with van der Waals surface area (Å²) in [6.07, 6.45) is 1.35. The zero-order valence-electron chi connectivity index (χ0n) is 20.1. The van der Waals surface area contributed by atoms with E-state index in [1.165, 1.54) is 0 Å². The van der Waals surface area contributed by atoms with Crippen molar-refractivity contribution in [3.8, 4) is 6.07 Å². The van der Waals surface area contributed by atoms with E-state index >= 15 is 0 Å². The van der Waals surface area contributed by atoms with Crippen molar-refractivity contribution in [3.05, 3.63) is 17.7 Å². The Morgan fingerprint density at radius 1 is 0.938 bits per heavy atom. The second kappa shape index (κ2) is 11.3. The zero-order chi connectivity index (χ0) is 23.3. The van der Waals surface area contributed by atoms with E-state index < -0.39 is 0 Å². The monoisotopic (exact) mass is 444 g/mol. The van der Waals surface area contributed by atoms with Crippen LogP contribution in [-0.2, 0) is 0 Å². The molecule has 1 aromatic rings. The van der Waals surface area contributed by atoms with Crippen molar-refractivity contribution in [2.24, 2.45) is 0 Å². The Morgan fingerprint density at radius 3 is 1.97 bits per heavy atom. The van der Waals surface area contributed by atoms with Crippen molar-refractivity contribution in [1.29, 1.82) is 5.26 Å². The van der Waals surface area contributed by atoms with E-state index in [0.29, 0.717) is 30.7 Å². The highest BCUT2D eigenvalue weighted by atomic mass is 16.3. The third kappa shape index (κ3) is 5.90. The van der Waals surface area contributed by atoms with Gasteiger partial charge >= 0.3 is 0 Å². The normalized spacial score (nSPS) is 24.9. The summed E-state index contributed by atoms with van der Waals surface area (Å²) in [7, 11) is 0. The average molecular weight is 445 g/mol. The maximum Gasteiger partial charge on any atom is 0.149 e. The van der Waals surface area contributed by atoms with Gasteiger partial charge in [-0.15, -0.1) is 0 Å². The number of piperazine rings is 2. The molecule has 0 aromatic carbocycles. The molecule has 0 unspecified atom stereocenters. The van der Waals surface area contributed by atoms with Gasteiger partial charge in [0.1, 0.15) is 17.7 Å². The van der Waals surface area contributed by atoms with Crippen LogP contribution < -0.4 is 9.80 Å². The van der Waals surface area contributed by atoms with Crippen LogP contribution in [0.4, 0.5) is 11.6 Å². The Balaban J connectivity index is 1.77. The van der Waals surface area contributed by atoms with Crippen LogP contribution in [0, 0.1) is 11.3 Å². The highest BCUT2D eigenvalue weighted by Gasteiger charge is 2.30. The molecular weight excluding hydrogens is 404 g/mol. The molecule has 1 aromatic heterocycles.